The lowest BCUT2D eigenvalue weighted by Gasteiger charge is -2.34. The van der Waals surface area contributed by atoms with Crippen molar-refractivity contribution in [2.45, 2.75) is 44.3 Å². The summed E-state index contributed by atoms with van der Waals surface area (Å²) in [4.78, 5) is 36.4. The van der Waals surface area contributed by atoms with Crippen LogP contribution < -0.4 is 10.2 Å². The number of carbonyl (C=O) groups is 2. The van der Waals surface area contributed by atoms with Crippen molar-refractivity contribution in [1.29, 1.82) is 0 Å². The van der Waals surface area contributed by atoms with Gasteiger partial charge in [0.15, 0.2) is 5.82 Å². The summed E-state index contributed by atoms with van der Waals surface area (Å²) < 4.78 is 31.7. The largest absolute Gasteiger partial charge is 0.490 e. The van der Waals surface area contributed by atoms with E-state index in [0.717, 1.165) is 46.8 Å². The summed E-state index contributed by atoms with van der Waals surface area (Å²) in [6, 6.07) is 15.8. The minimum atomic E-state index is -5.08. The molecule has 0 spiro atoms. The van der Waals surface area contributed by atoms with Gasteiger partial charge in [-0.1, -0.05) is 37.5 Å². The van der Waals surface area contributed by atoms with Crippen LogP contribution in [0.25, 0.3) is 22.6 Å². The number of rotatable bonds is 4. The van der Waals surface area contributed by atoms with E-state index in [2.05, 4.69) is 20.3 Å². The monoisotopic (exact) mass is 531 g/mol. The number of hydrogen-bond donors (Lipinski definition) is 3. The average molecular weight is 532 g/mol. The molecule has 3 N–H and O–H groups in total. The number of H-pyrrole nitrogens is 1. The Morgan fingerprint density at radius 3 is 2.41 bits per heavy atom. The van der Waals surface area contributed by atoms with Crippen LogP contribution in [0.15, 0.2) is 59.4 Å². The molecule has 12 heteroatoms. The van der Waals surface area contributed by atoms with Gasteiger partial charge in [-0.25, -0.2) is 19.6 Å². The first-order valence-corrected chi connectivity index (χ1v) is 12.5. The molecule has 1 saturated carbocycles. The highest BCUT2D eigenvalue weighted by molar-refractivity contribution is 7.07. The molecule has 1 aliphatic rings. The van der Waals surface area contributed by atoms with Gasteiger partial charge in [-0.3, -0.25) is 4.90 Å². The number of aromatic amines is 1. The van der Waals surface area contributed by atoms with Gasteiger partial charge in [-0.05, 0) is 43.2 Å². The van der Waals surface area contributed by atoms with Crippen LogP contribution in [-0.2, 0) is 4.79 Å². The Morgan fingerprint density at radius 2 is 1.78 bits per heavy atom. The molecule has 0 saturated heterocycles. The Morgan fingerprint density at radius 1 is 1.08 bits per heavy atom. The second kappa shape index (κ2) is 11.4. The number of carboxylic acids is 1. The van der Waals surface area contributed by atoms with Crippen LogP contribution in [0.1, 0.15) is 32.1 Å². The maximum atomic E-state index is 13.3. The maximum absolute atomic E-state index is 13.3. The fourth-order valence-corrected chi connectivity index (χ4v) is 4.68. The van der Waals surface area contributed by atoms with Crippen LogP contribution in [0.2, 0.25) is 0 Å². The molecule has 4 aromatic rings. The first-order chi connectivity index (χ1) is 17.7. The lowest BCUT2D eigenvalue weighted by atomic mass is 9.94. The molecular weight excluding hydrogens is 507 g/mol. The molecule has 0 bridgehead atoms. The van der Waals surface area contributed by atoms with Gasteiger partial charge in [0.1, 0.15) is 5.69 Å². The smallest absolute Gasteiger partial charge is 0.475 e. The summed E-state index contributed by atoms with van der Waals surface area (Å²) >= 11 is 1.54. The number of carboxylic acid groups (broad SMARTS) is 1. The highest BCUT2D eigenvalue weighted by atomic mass is 32.1. The normalized spacial score (nSPS) is 14.0. The third-order valence-electron chi connectivity index (χ3n) is 5.84. The van der Waals surface area contributed by atoms with Crippen molar-refractivity contribution in [1.82, 2.24) is 15.0 Å². The van der Waals surface area contributed by atoms with Crippen LogP contribution in [0.5, 0.6) is 0 Å². The highest BCUT2D eigenvalue weighted by Gasteiger charge is 2.38. The van der Waals surface area contributed by atoms with E-state index in [-0.39, 0.29) is 12.1 Å². The summed E-state index contributed by atoms with van der Waals surface area (Å²) in [5.41, 5.74) is 6.02. The summed E-state index contributed by atoms with van der Waals surface area (Å²) in [5, 5.41) is 12.2. The number of hydrogen-bond acceptors (Lipinski definition) is 5. The number of nitrogens with one attached hydrogen (secondary N) is 2. The number of urea groups is 1. The van der Waals surface area contributed by atoms with E-state index < -0.39 is 12.1 Å². The number of amides is 2. The molecule has 0 aliphatic heterocycles. The van der Waals surface area contributed by atoms with E-state index in [9.17, 15) is 18.0 Å². The van der Waals surface area contributed by atoms with E-state index in [1.54, 1.807) is 5.51 Å². The topological polar surface area (TPSA) is 111 Å². The van der Waals surface area contributed by atoms with Gasteiger partial charge in [0, 0.05) is 22.8 Å². The van der Waals surface area contributed by atoms with E-state index in [4.69, 9.17) is 9.90 Å². The molecule has 2 heterocycles. The second-order valence-electron chi connectivity index (χ2n) is 8.42. The van der Waals surface area contributed by atoms with Crippen molar-refractivity contribution in [3.05, 3.63) is 59.4 Å². The lowest BCUT2D eigenvalue weighted by molar-refractivity contribution is -0.192. The zero-order valence-corrected chi connectivity index (χ0v) is 20.4. The number of aromatic nitrogens is 3. The van der Waals surface area contributed by atoms with Crippen molar-refractivity contribution in [3.63, 3.8) is 0 Å². The van der Waals surface area contributed by atoms with Gasteiger partial charge < -0.3 is 15.4 Å². The number of nitrogens with zero attached hydrogens (tertiary/aromatic N) is 3. The molecule has 37 heavy (non-hydrogen) atoms. The number of carbonyl (C=O) groups excluding carboxylic acids is 1. The molecule has 194 valence electrons. The number of alkyl halides is 3. The zero-order valence-electron chi connectivity index (χ0n) is 19.5. The van der Waals surface area contributed by atoms with Crippen molar-refractivity contribution < 1.29 is 27.9 Å². The van der Waals surface area contributed by atoms with Crippen LogP contribution in [-0.4, -0.2) is 44.3 Å². The Hall–Kier alpha value is -3.93. The minimum absolute atomic E-state index is 0.0947. The first kappa shape index (κ1) is 26.1. The number of thiazole rings is 1. The molecular formula is C25H24F3N5O3S. The number of fused-ring (bicyclic) bond motifs is 1. The number of aliphatic carboxylic acids is 1. The Kier molecular flexibility index (Phi) is 8.07. The summed E-state index contributed by atoms with van der Waals surface area (Å²) in [6.07, 6.45) is 0.577. The van der Waals surface area contributed by atoms with Gasteiger partial charge >= 0.3 is 18.2 Å². The van der Waals surface area contributed by atoms with E-state index >= 15 is 0 Å². The lowest BCUT2D eigenvalue weighted by Crippen LogP contribution is -2.44. The van der Waals surface area contributed by atoms with Crippen LogP contribution in [0, 0.1) is 0 Å². The molecule has 0 unspecified atom stereocenters. The van der Waals surface area contributed by atoms with Gasteiger partial charge in [-0.15, -0.1) is 11.3 Å². The van der Waals surface area contributed by atoms with E-state index in [1.807, 2.05) is 58.8 Å². The van der Waals surface area contributed by atoms with E-state index in [0.29, 0.717) is 0 Å². The standard InChI is InChI=1S/C23H23N5OS.C2HF3O2/c29-23(28(17-7-3-1-4-8-17)18-9-5-2-6-10-18)25-16-11-12-19-20(13-16)27-22(26-19)21-14-30-15-24-21;3-2(4,5)1(6)7/h1,3-4,7-8,11-15,18H,2,5-6,9-10H2,(H,25,29)(H,26,27);(H,6,7). The highest BCUT2D eigenvalue weighted by Crippen LogP contribution is 2.29. The van der Waals surface area contributed by atoms with Crippen molar-refractivity contribution >= 4 is 45.7 Å². The number of benzene rings is 2. The predicted molar refractivity (Wildman–Crippen MR) is 136 cm³/mol. The zero-order chi connectivity index (χ0) is 26.4. The summed E-state index contributed by atoms with van der Waals surface area (Å²) in [7, 11) is 0. The first-order valence-electron chi connectivity index (χ1n) is 11.6. The van der Waals surface area contributed by atoms with Crippen LogP contribution in [0.3, 0.4) is 0 Å². The number of imidazole rings is 1. The van der Waals surface area contributed by atoms with Gasteiger partial charge in [0.05, 0.1) is 16.5 Å². The molecule has 8 nitrogen and oxygen atoms in total. The molecule has 0 radical (unpaired) electrons. The van der Waals surface area contributed by atoms with Crippen LogP contribution >= 0.6 is 11.3 Å². The summed E-state index contributed by atoms with van der Waals surface area (Å²) in [6.45, 7) is 0. The second-order valence-corrected chi connectivity index (χ2v) is 9.14. The van der Waals surface area contributed by atoms with Crippen LogP contribution in [0.4, 0.5) is 29.3 Å². The van der Waals surface area contributed by atoms with Crippen molar-refractivity contribution in [2.75, 3.05) is 10.2 Å². The molecule has 2 aromatic carbocycles. The van der Waals surface area contributed by atoms with Crippen molar-refractivity contribution in [3.8, 4) is 11.5 Å². The Balaban J connectivity index is 0.000000405. The van der Waals surface area contributed by atoms with Gasteiger partial charge in [-0.2, -0.15) is 13.2 Å². The minimum Gasteiger partial charge on any atom is -0.475 e. The Bertz CT molecular complexity index is 1340. The third-order valence-corrected chi connectivity index (χ3v) is 6.43. The number of para-hydroxylation sites is 1. The molecule has 0 atom stereocenters. The fraction of sp³-hybridized carbons (Fsp3) is 0.280. The van der Waals surface area contributed by atoms with E-state index in [1.165, 1.54) is 30.6 Å². The Labute approximate surface area is 214 Å². The van der Waals surface area contributed by atoms with Gasteiger partial charge in [0.2, 0.25) is 0 Å². The fourth-order valence-electron chi connectivity index (χ4n) is 4.14. The maximum Gasteiger partial charge on any atom is 0.490 e. The molecule has 2 aromatic heterocycles. The predicted octanol–water partition coefficient (Wildman–Crippen LogP) is 6.69. The molecule has 2 amide bonds. The molecule has 5 rings (SSSR count). The van der Waals surface area contributed by atoms with Crippen molar-refractivity contribution in [2.24, 2.45) is 0 Å². The quantitative estimate of drug-likeness (QED) is 0.272. The number of anilines is 2. The van der Waals surface area contributed by atoms with Gasteiger partial charge in [0.25, 0.3) is 0 Å². The number of halogens is 3. The average Bonchev–Trinajstić information content (AvgIpc) is 3.55. The molecule has 1 fully saturated rings. The summed E-state index contributed by atoms with van der Waals surface area (Å²) in [5.74, 6) is -2.02. The SMILES string of the molecule is O=C(Nc1ccc2[nH]c(-c3cscn3)nc2c1)N(c1ccccc1)C1CCCCC1.O=C(O)C(F)(F)F. The third kappa shape index (κ3) is 6.64. The molecule has 1 aliphatic carbocycles.